The zero-order valence-electron chi connectivity index (χ0n) is 10.9. The van der Waals surface area contributed by atoms with Gasteiger partial charge in [-0.3, -0.25) is 4.79 Å². The molecule has 1 aromatic rings. The number of thiophene rings is 1. The van der Waals surface area contributed by atoms with Crippen molar-refractivity contribution in [2.45, 2.75) is 42.4 Å². The fourth-order valence-corrected chi connectivity index (χ4v) is 7.14. The van der Waals surface area contributed by atoms with Crippen LogP contribution >= 0.6 is 27.3 Å². The Bertz CT molecular complexity index is 625. The van der Waals surface area contributed by atoms with Crippen molar-refractivity contribution in [2.75, 3.05) is 6.54 Å². The first-order valence-electron chi connectivity index (χ1n) is 6.80. The Labute approximate surface area is 131 Å². The SMILES string of the molecule is O=C1CCCC1C1CCCN1S(=O)(=O)c1ccc(Br)s1. The predicted molar refractivity (Wildman–Crippen MR) is 81.3 cm³/mol. The highest BCUT2D eigenvalue weighted by Gasteiger charge is 2.43. The summed E-state index contributed by atoms with van der Waals surface area (Å²) in [6.45, 7) is 0.534. The summed E-state index contributed by atoms with van der Waals surface area (Å²) in [5.74, 6) is 0.153. The van der Waals surface area contributed by atoms with Gasteiger partial charge in [-0.15, -0.1) is 11.3 Å². The first-order chi connectivity index (χ1) is 9.50. The fourth-order valence-electron chi connectivity index (χ4n) is 3.27. The van der Waals surface area contributed by atoms with Gasteiger partial charge in [-0.2, -0.15) is 4.31 Å². The molecule has 0 amide bonds. The summed E-state index contributed by atoms with van der Waals surface area (Å²) in [6.07, 6.45) is 4.00. The van der Waals surface area contributed by atoms with Gasteiger partial charge in [0.15, 0.2) is 0 Å². The first-order valence-corrected chi connectivity index (χ1v) is 9.85. The van der Waals surface area contributed by atoms with Gasteiger partial charge in [-0.05, 0) is 53.7 Å². The lowest BCUT2D eigenvalue weighted by molar-refractivity contribution is -0.121. The summed E-state index contributed by atoms with van der Waals surface area (Å²) < 4.78 is 28.2. The fraction of sp³-hybridized carbons (Fsp3) is 0.615. The molecule has 0 N–H and O–H groups in total. The van der Waals surface area contributed by atoms with Gasteiger partial charge in [0.1, 0.15) is 9.99 Å². The monoisotopic (exact) mass is 377 g/mol. The summed E-state index contributed by atoms with van der Waals surface area (Å²) in [5.41, 5.74) is 0. The van der Waals surface area contributed by atoms with E-state index in [0.717, 1.165) is 29.5 Å². The Morgan fingerprint density at radius 2 is 2.05 bits per heavy atom. The Balaban J connectivity index is 1.90. The van der Waals surface area contributed by atoms with Crippen molar-refractivity contribution in [3.8, 4) is 0 Å². The normalized spacial score (nSPS) is 28.4. The van der Waals surface area contributed by atoms with Gasteiger partial charge in [0, 0.05) is 24.9 Å². The molecule has 0 spiro atoms. The summed E-state index contributed by atoms with van der Waals surface area (Å²) in [5, 5.41) is 0. The van der Waals surface area contributed by atoms with E-state index in [-0.39, 0.29) is 17.7 Å². The topological polar surface area (TPSA) is 54.5 Å². The van der Waals surface area contributed by atoms with Gasteiger partial charge in [-0.25, -0.2) is 8.42 Å². The molecule has 7 heteroatoms. The number of nitrogens with zero attached hydrogens (tertiary/aromatic N) is 1. The van der Waals surface area contributed by atoms with E-state index in [0.29, 0.717) is 17.2 Å². The molecule has 0 radical (unpaired) electrons. The van der Waals surface area contributed by atoms with Crippen molar-refractivity contribution >= 4 is 43.1 Å². The van der Waals surface area contributed by atoms with Crippen LogP contribution in [0.25, 0.3) is 0 Å². The van der Waals surface area contributed by atoms with Crippen molar-refractivity contribution in [3.63, 3.8) is 0 Å². The smallest absolute Gasteiger partial charge is 0.252 e. The van der Waals surface area contributed by atoms with E-state index < -0.39 is 10.0 Å². The van der Waals surface area contributed by atoms with Gasteiger partial charge in [0.2, 0.25) is 0 Å². The van der Waals surface area contributed by atoms with E-state index in [9.17, 15) is 13.2 Å². The summed E-state index contributed by atoms with van der Waals surface area (Å²) in [7, 11) is -3.46. The van der Waals surface area contributed by atoms with Gasteiger partial charge in [-0.1, -0.05) is 0 Å². The van der Waals surface area contributed by atoms with Crippen molar-refractivity contribution in [3.05, 3.63) is 15.9 Å². The molecule has 1 aromatic heterocycles. The average molecular weight is 378 g/mol. The van der Waals surface area contributed by atoms with Crippen LogP contribution in [0.15, 0.2) is 20.1 Å². The van der Waals surface area contributed by atoms with Gasteiger partial charge in [0.05, 0.1) is 3.79 Å². The molecule has 1 aliphatic carbocycles. The molecule has 1 saturated heterocycles. The van der Waals surface area contributed by atoms with Crippen LogP contribution in [0.1, 0.15) is 32.1 Å². The molecule has 1 saturated carbocycles. The molecular formula is C13H16BrNO3S2. The second kappa shape index (κ2) is 5.51. The maximum absolute atomic E-state index is 12.7. The maximum Gasteiger partial charge on any atom is 0.252 e. The van der Waals surface area contributed by atoms with E-state index in [4.69, 9.17) is 0 Å². The molecule has 2 unspecified atom stereocenters. The minimum absolute atomic E-state index is 0.0873. The van der Waals surface area contributed by atoms with Crippen molar-refractivity contribution in [2.24, 2.45) is 5.92 Å². The van der Waals surface area contributed by atoms with E-state index in [1.165, 1.54) is 11.3 Å². The second-order valence-corrected chi connectivity index (χ2v) is 9.93. The molecule has 3 rings (SSSR count). The highest BCUT2D eigenvalue weighted by atomic mass is 79.9. The van der Waals surface area contributed by atoms with Crippen LogP contribution in [-0.2, 0) is 14.8 Å². The predicted octanol–water partition coefficient (Wildman–Crippen LogP) is 3.03. The molecule has 110 valence electrons. The first kappa shape index (κ1) is 14.7. The van der Waals surface area contributed by atoms with Gasteiger partial charge < -0.3 is 0 Å². The highest BCUT2D eigenvalue weighted by Crippen LogP contribution is 2.38. The Morgan fingerprint density at radius 1 is 1.25 bits per heavy atom. The Kier molecular flexibility index (Phi) is 4.05. The zero-order valence-corrected chi connectivity index (χ0v) is 14.1. The molecule has 1 aliphatic heterocycles. The Morgan fingerprint density at radius 3 is 2.65 bits per heavy atom. The molecule has 2 fully saturated rings. The second-order valence-electron chi connectivity index (χ2n) is 5.35. The third-order valence-corrected chi connectivity index (χ3v) is 8.19. The standard InChI is InChI=1S/C13H16BrNO3S2/c14-12-6-7-13(19-12)20(17,18)15-8-2-4-10(15)9-3-1-5-11(9)16/h6-7,9-10H,1-5,8H2. The van der Waals surface area contributed by atoms with E-state index >= 15 is 0 Å². The molecule has 2 atom stereocenters. The van der Waals surface area contributed by atoms with Crippen LogP contribution in [-0.4, -0.2) is 31.1 Å². The quantitative estimate of drug-likeness (QED) is 0.813. The number of carbonyl (C=O) groups excluding carboxylic acids is 1. The van der Waals surface area contributed by atoms with Crippen LogP contribution in [0.2, 0.25) is 0 Å². The number of hydrogen-bond donors (Lipinski definition) is 0. The lowest BCUT2D eigenvalue weighted by atomic mass is 9.96. The largest absolute Gasteiger partial charge is 0.299 e. The molecule has 4 nitrogen and oxygen atoms in total. The molecule has 0 bridgehead atoms. The number of halogens is 1. The van der Waals surface area contributed by atoms with Crippen LogP contribution in [0, 0.1) is 5.92 Å². The zero-order chi connectivity index (χ0) is 14.3. The number of hydrogen-bond acceptors (Lipinski definition) is 4. The third kappa shape index (κ3) is 2.49. The lowest BCUT2D eigenvalue weighted by Gasteiger charge is -2.27. The number of ketones is 1. The van der Waals surface area contributed by atoms with Gasteiger partial charge in [0.25, 0.3) is 10.0 Å². The minimum Gasteiger partial charge on any atom is -0.299 e. The minimum atomic E-state index is -3.46. The molecule has 2 heterocycles. The van der Waals surface area contributed by atoms with E-state index in [2.05, 4.69) is 15.9 Å². The van der Waals surface area contributed by atoms with Crippen LogP contribution < -0.4 is 0 Å². The highest BCUT2D eigenvalue weighted by molar-refractivity contribution is 9.11. The number of rotatable bonds is 3. The van der Waals surface area contributed by atoms with Gasteiger partial charge >= 0.3 is 0 Å². The number of Topliss-reactive ketones (excluding diaryl/α,β-unsaturated/α-hetero) is 1. The maximum atomic E-state index is 12.7. The summed E-state index contributed by atoms with van der Waals surface area (Å²) in [4.78, 5) is 11.9. The van der Waals surface area contributed by atoms with Crippen molar-refractivity contribution < 1.29 is 13.2 Å². The lowest BCUT2D eigenvalue weighted by Crippen LogP contribution is -2.41. The van der Waals surface area contributed by atoms with Crippen LogP contribution in [0.3, 0.4) is 0 Å². The molecule has 2 aliphatic rings. The summed E-state index contributed by atoms with van der Waals surface area (Å²) in [6, 6.07) is 3.26. The van der Waals surface area contributed by atoms with Crippen LogP contribution in [0.5, 0.6) is 0 Å². The van der Waals surface area contributed by atoms with Crippen molar-refractivity contribution in [1.29, 1.82) is 0 Å². The average Bonchev–Trinajstić information content (AvgIpc) is 3.07. The third-order valence-electron chi connectivity index (χ3n) is 4.18. The Hall–Kier alpha value is -0.240. The molecular weight excluding hydrogens is 362 g/mol. The number of sulfonamides is 1. The van der Waals surface area contributed by atoms with E-state index in [1.54, 1.807) is 16.4 Å². The molecule has 0 aromatic carbocycles. The van der Waals surface area contributed by atoms with E-state index in [1.807, 2.05) is 0 Å². The van der Waals surface area contributed by atoms with Crippen LogP contribution in [0.4, 0.5) is 0 Å². The number of carbonyl (C=O) groups is 1. The summed E-state index contributed by atoms with van der Waals surface area (Å²) >= 11 is 4.53. The molecule has 20 heavy (non-hydrogen) atoms. The van der Waals surface area contributed by atoms with Crippen molar-refractivity contribution in [1.82, 2.24) is 4.31 Å².